The molecule has 2 saturated heterocycles. The summed E-state index contributed by atoms with van der Waals surface area (Å²) in [5.74, 6) is -1.30. The van der Waals surface area contributed by atoms with Crippen LogP contribution >= 0.6 is 0 Å². The predicted octanol–water partition coefficient (Wildman–Crippen LogP) is 5.77. The monoisotopic (exact) mass is 622 g/mol. The maximum absolute atomic E-state index is 14.4. The van der Waals surface area contributed by atoms with Gasteiger partial charge in [-0.25, -0.2) is 9.37 Å². The summed E-state index contributed by atoms with van der Waals surface area (Å²) in [6.45, 7) is 4.63. The summed E-state index contributed by atoms with van der Waals surface area (Å²) >= 11 is 0. The van der Waals surface area contributed by atoms with Crippen molar-refractivity contribution in [1.29, 1.82) is 0 Å². The summed E-state index contributed by atoms with van der Waals surface area (Å²) in [5, 5.41) is 8.07. The predicted molar refractivity (Wildman–Crippen MR) is 149 cm³/mol. The lowest BCUT2D eigenvalue weighted by Gasteiger charge is -2.40. The molecule has 0 aliphatic carbocycles. The fourth-order valence-corrected chi connectivity index (χ4v) is 6.40. The number of likely N-dealkylation sites (tertiary alicyclic amines) is 1. The molecule has 0 N–H and O–H groups in total. The summed E-state index contributed by atoms with van der Waals surface area (Å²) in [6, 6.07) is 7.35. The number of azo groups is 1. The van der Waals surface area contributed by atoms with Gasteiger partial charge in [-0.3, -0.25) is 8.97 Å². The van der Waals surface area contributed by atoms with E-state index in [1.165, 1.54) is 0 Å². The average Bonchev–Trinajstić information content (AvgIpc) is 3.49. The normalized spacial score (nSPS) is 21.7. The Bertz CT molecular complexity index is 1680. The highest BCUT2D eigenvalue weighted by atomic mass is 19.4. The Balaban J connectivity index is 1.43. The van der Waals surface area contributed by atoms with Gasteiger partial charge in [0.1, 0.15) is 0 Å². The third-order valence-electron chi connectivity index (χ3n) is 8.87. The third-order valence-corrected chi connectivity index (χ3v) is 8.87. The van der Waals surface area contributed by atoms with Crippen molar-refractivity contribution in [2.45, 2.75) is 49.9 Å². The van der Waals surface area contributed by atoms with E-state index in [9.17, 15) is 31.1 Å². The molecule has 1 radical (unpaired) electrons. The Morgan fingerprint density at radius 2 is 1.91 bits per heavy atom. The van der Waals surface area contributed by atoms with E-state index in [0.29, 0.717) is 55.4 Å². The quantitative estimate of drug-likeness (QED) is 0.248. The highest BCUT2D eigenvalue weighted by Gasteiger charge is 2.46. The van der Waals surface area contributed by atoms with Crippen LogP contribution in [0, 0.1) is 12.6 Å². The fraction of sp³-hybridized carbons (Fsp3) is 0.500. The zero-order chi connectivity index (χ0) is 31.4. The number of hydrogen-bond acceptors (Lipinski definition) is 5. The van der Waals surface area contributed by atoms with Crippen LogP contribution in [0.25, 0.3) is 11.2 Å². The number of hydrogen-bond donors (Lipinski definition) is 0. The second-order valence-electron chi connectivity index (χ2n) is 12.2. The number of piperidine rings is 1. The molecule has 2 atom stereocenters. The van der Waals surface area contributed by atoms with Crippen molar-refractivity contribution < 1.29 is 35.7 Å². The van der Waals surface area contributed by atoms with E-state index in [1.807, 2.05) is 20.0 Å². The van der Waals surface area contributed by atoms with Crippen molar-refractivity contribution >= 4 is 11.4 Å². The summed E-state index contributed by atoms with van der Waals surface area (Å²) < 4.78 is 95.3. The number of rotatable bonds is 7. The fourth-order valence-electron chi connectivity index (χ4n) is 6.40. The summed E-state index contributed by atoms with van der Waals surface area (Å²) in [6.07, 6.45) is -5.79. The molecule has 1 unspecified atom stereocenters. The van der Waals surface area contributed by atoms with Gasteiger partial charge in [-0.15, -0.1) is 0 Å². The summed E-state index contributed by atoms with van der Waals surface area (Å²) in [7, 11) is 1.81. The lowest BCUT2D eigenvalue weighted by Crippen LogP contribution is -2.48. The van der Waals surface area contributed by atoms with Crippen molar-refractivity contribution in [1.82, 2.24) is 13.9 Å². The first-order valence-electron chi connectivity index (χ1n) is 14.4. The number of imidazole rings is 1. The van der Waals surface area contributed by atoms with Gasteiger partial charge in [0, 0.05) is 25.5 Å². The average molecular weight is 623 g/mol. The minimum Gasteiger partial charge on any atom is -0.379 e. The van der Waals surface area contributed by atoms with Gasteiger partial charge in [-0.2, -0.15) is 26.3 Å². The van der Waals surface area contributed by atoms with Gasteiger partial charge < -0.3 is 9.64 Å². The van der Waals surface area contributed by atoms with Gasteiger partial charge >= 0.3 is 23.9 Å². The van der Waals surface area contributed by atoms with Crippen LogP contribution in [0.1, 0.15) is 48.8 Å². The zero-order valence-electron chi connectivity index (χ0n) is 24.2. The van der Waals surface area contributed by atoms with Crippen molar-refractivity contribution in [2.24, 2.45) is 16.1 Å². The standard InChI is InChI=1S/C30H32F6N6O2/c1-19-5-4-8-40(12-19)14-24(30(34,35)36)20-9-23(29(31,32)33)25-15-41(27(43)42(25)13-20)22-7-3-6-21(10-22)28(16-44-17-28)11-26-38-37-18-39(26)2/h3,6-7,9-10,13,15,18-19,24H,4-5,8,11-12,14,16-17H2,1-2H3/q+1/t19-,24?/m0/s1. The minimum atomic E-state index is -5.00. The van der Waals surface area contributed by atoms with Crippen molar-refractivity contribution in [3.63, 3.8) is 0 Å². The van der Waals surface area contributed by atoms with E-state index in [0.717, 1.165) is 28.9 Å². The van der Waals surface area contributed by atoms with E-state index in [4.69, 9.17) is 4.74 Å². The molecule has 5 heterocycles. The number of halogens is 6. The maximum atomic E-state index is 14.4. The lowest BCUT2D eigenvalue weighted by molar-refractivity contribution is -0.451. The summed E-state index contributed by atoms with van der Waals surface area (Å²) in [5.41, 5.74) is -2.74. The second-order valence-corrected chi connectivity index (χ2v) is 12.2. The molecule has 1 aromatic carbocycles. The zero-order valence-corrected chi connectivity index (χ0v) is 24.2. The molecular weight excluding hydrogens is 590 g/mol. The Hall–Kier alpha value is -3.52. The topological polar surface area (TPSA) is 66.6 Å². The smallest absolute Gasteiger partial charge is 0.379 e. The van der Waals surface area contributed by atoms with Gasteiger partial charge in [0.2, 0.25) is 0 Å². The SMILES string of the molecule is C[C@H]1CCCN(CC(c2cc(C(F)(F)F)c3cn(-c4cccc(C5(CC6=[N+](C)[CH]N=N6)COC5)c4)c(=O)n3c2)C(F)(F)F)C1. The molecule has 0 spiro atoms. The Kier molecular flexibility index (Phi) is 7.71. The van der Waals surface area contributed by atoms with Crippen molar-refractivity contribution in [3.05, 3.63) is 76.6 Å². The first-order valence-corrected chi connectivity index (χ1v) is 14.4. The molecular formula is C30H32F6N6O2+. The van der Waals surface area contributed by atoms with E-state index in [1.54, 1.807) is 34.3 Å². The van der Waals surface area contributed by atoms with Gasteiger partial charge in [0.15, 0.2) is 0 Å². The Morgan fingerprint density at radius 3 is 2.52 bits per heavy atom. The summed E-state index contributed by atoms with van der Waals surface area (Å²) in [4.78, 5) is 15.3. The highest BCUT2D eigenvalue weighted by molar-refractivity contribution is 5.80. The van der Waals surface area contributed by atoms with Crippen molar-refractivity contribution in [2.75, 3.05) is 39.9 Å². The van der Waals surface area contributed by atoms with Crippen LogP contribution in [0.4, 0.5) is 26.3 Å². The van der Waals surface area contributed by atoms with Gasteiger partial charge in [0.05, 0.1) is 59.9 Å². The molecule has 6 rings (SSSR count). The van der Waals surface area contributed by atoms with E-state index >= 15 is 0 Å². The molecule has 2 aromatic heterocycles. The van der Waals surface area contributed by atoms with Crippen molar-refractivity contribution in [3.8, 4) is 5.69 Å². The molecule has 3 aliphatic rings. The van der Waals surface area contributed by atoms with E-state index in [-0.39, 0.29) is 11.6 Å². The lowest BCUT2D eigenvalue weighted by atomic mass is 9.75. The number of ether oxygens (including phenoxy) is 1. The molecule has 3 aliphatic heterocycles. The van der Waals surface area contributed by atoms with Gasteiger partial charge in [-0.1, -0.05) is 19.1 Å². The molecule has 0 amide bonds. The van der Waals surface area contributed by atoms with Gasteiger partial charge in [-0.05, 0) is 59.7 Å². The van der Waals surface area contributed by atoms with Gasteiger partial charge in [0.25, 0.3) is 6.67 Å². The Morgan fingerprint density at radius 1 is 1.14 bits per heavy atom. The number of amidine groups is 1. The van der Waals surface area contributed by atoms with Crippen LogP contribution in [0.5, 0.6) is 0 Å². The molecule has 8 nitrogen and oxygen atoms in total. The van der Waals surface area contributed by atoms with Crippen LogP contribution in [0.2, 0.25) is 0 Å². The number of fused-ring (bicyclic) bond motifs is 1. The number of alkyl halides is 6. The first kappa shape index (κ1) is 30.5. The number of pyridine rings is 1. The number of benzene rings is 1. The van der Waals surface area contributed by atoms with Crippen LogP contribution in [-0.2, 0) is 16.3 Å². The largest absolute Gasteiger partial charge is 0.418 e. The van der Waals surface area contributed by atoms with Crippen LogP contribution < -0.4 is 5.69 Å². The van der Waals surface area contributed by atoms with Crippen LogP contribution in [0.15, 0.2) is 57.7 Å². The van der Waals surface area contributed by atoms with E-state index < -0.39 is 52.6 Å². The second kappa shape index (κ2) is 11.1. The molecule has 3 aromatic rings. The number of aromatic nitrogens is 2. The molecule has 2 fully saturated rings. The van der Waals surface area contributed by atoms with Crippen LogP contribution in [-0.4, -0.2) is 70.4 Å². The molecule has 0 bridgehead atoms. The Labute approximate surface area is 249 Å². The first-order chi connectivity index (χ1) is 20.7. The molecule has 235 valence electrons. The van der Waals surface area contributed by atoms with E-state index in [2.05, 4.69) is 10.2 Å². The maximum Gasteiger partial charge on any atom is 0.418 e. The molecule has 0 saturated carbocycles. The molecule has 44 heavy (non-hydrogen) atoms. The molecule has 14 heteroatoms. The minimum absolute atomic E-state index is 0.185. The highest BCUT2D eigenvalue weighted by Crippen LogP contribution is 2.41. The van der Waals surface area contributed by atoms with Crippen LogP contribution in [0.3, 0.4) is 0 Å². The number of nitrogens with zero attached hydrogens (tertiary/aromatic N) is 6. The third kappa shape index (κ3) is 5.69.